The number of amides is 1. The molecular weight excluding hydrogens is 361 g/mol. The van der Waals surface area contributed by atoms with Crippen molar-refractivity contribution >= 4 is 39.4 Å². The molecule has 2 N–H and O–H groups in total. The van der Waals surface area contributed by atoms with Crippen molar-refractivity contribution in [1.29, 1.82) is 0 Å². The number of carbonyl (C=O) groups is 1. The molecule has 140 valence electrons. The van der Waals surface area contributed by atoms with E-state index in [1.165, 1.54) is 24.5 Å². The Bertz CT molecular complexity index is 1330. The van der Waals surface area contributed by atoms with Crippen molar-refractivity contribution in [2.75, 3.05) is 17.6 Å². The Labute approximate surface area is 163 Å². The fraction of sp³-hybridized carbons (Fsp3) is 0.200. The Morgan fingerprint density at radius 2 is 2.18 bits per heavy atom. The monoisotopic (exact) mass is 380 g/mol. The Kier molecular flexibility index (Phi) is 3.04. The second-order valence-corrected chi connectivity index (χ2v) is 6.63. The minimum absolute atomic E-state index is 0.0118. The molecule has 3 aromatic heterocycles. The van der Waals surface area contributed by atoms with Crippen LogP contribution in [0.25, 0.3) is 33.3 Å². The number of fused-ring (bicyclic) bond motifs is 2. The van der Waals surface area contributed by atoms with Crippen molar-refractivity contribution in [2.45, 2.75) is 12.8 Å². The van der Waals surface area contributed by atoms with E-state index >= 15 is 0 Å². The highest BCUT2D eigenvalue weighted by Crippen LogP contribution is 2.35. The van der Waals surface area contributed by atoms with E-state index in [1.54, 1.807) is 12.1 Å². The zero-order chi connectivity index (χ0) is 21.8. The summed E-state index contributed by atoms with van der Waals surface area (Å²) in [5.41, 5.74) is 0.752. The van der Waals surface area contributed by atoms with E-state index in [1.807, 2.05) is 0 Å². The van der Waals surface area contributed by atoms with Gasteiger partial charge in [-0.25, -0.2) is 19.3 Å². The number of carbonyl (C=O) groups excluding carboxylic acids is 1. The number of pyridine rings is 2. The van der Waals surface area contributed by atoms with E-state index in [0.29, 0.717) is 22.2 Å². The Morgan fingerprint density at radius 3 is 2.96 bits per heavy atom. The van der Waals surface area contributed by atoms with Crippen LogP contribution in [0.3, 0.4) is 0 Å². The number of hydrogen-bond acceptors (Lipinski definition) is 6. The first kappa shape index (κ1) is 13.6. The standard InChI is InChI=1S/C20H16FN5O2/c1-22-18-12-8-23-16(25-19(27)10-5-6-10)7-11(12)13(9-24-18)20-26-17-14(21)3-2-4-15(17)28-20/h2-4,7-10H,5-6H2,1H3,(H,22,24)(H,23,25,27)/i1D3. The number of nitrogens with zero attached hydrogens (tertiary/aromatic N) is 3. The molecule has 0 aliphatic heterocycles. The van der Waals surface area contributed by atoms with Gasteiger partial charge in [0, 0.05) is 40.2 Å². The van der Waals surface area contributed by atoms with Crippen LogP contribution in [0.15, 0.2) is 41.1 Å². The van der Waals surface area contributed by atoms with Crippen LogP contribution < -0.4 is 10.6 Å². The normalized spacial score (nSPS) is 15.8. The van der Waals surface area contributed by atoms with Gasteiger partial charge in [0.25, 0.3) is 0 Å². The summed E-state index contributed by atoms with van der Waals surface area (Å²) in [5.74, 6) is -0.143. The first-order valence-electron chi connectivity index (χ1n) is 10.2. The molecular formula is C20H16FN5O2. The van der Waals surface area contributed by atoms with Gasteiger partial charge >= 0.3 is 0 Å². The number of para-hydroxylation sites is 1. The molecule has 0 atom stereocenters. The maximum absolute atomic E-state index is 14.1. The molecule has 3 heterocycles. The van der Waals surface area contributed by atoms with Gasteiger partial charge in [0.1, 0.15) is 17.2 Å². The molecule has 1 aliphatic rings. The van der Waals surface area contributed by atoms with Crippen LogP contribution >= 0.6 is 0 Å². The average Bonchev–Trinajstić information content (AvgIpc) is 3.47. The number of oxazole rings is 1. The number of anilines is 2. The van der Waals surface area contributed by atoms with Gasteiger partial charge in [-0.15, -0.1) is 0 Å². The quantitative estimate of drug-likeness (QED) is 0.557. The van der Waals surface area contributed by atoms with E-state index in [4.69, 9.17) is 8.53 Å². The summed E-state index contributed by atoms with van der Waals surface area (Å²) in [7, 11) is 0. The van der Waals surface area contributed by atoms with Gasteiger partial charge in [-0.05, 0) is 31.0 Å². The van der Waals surface area contributed by atoms with Gasteiger partial charge in [0.2, 0.25) is 11.8 Å². The number of benzene rings is 1. The molecule has 0 bridgehead atoms. The number of hydrogen-bond donors (Lipinski definition) is 2. The minimum Gasteiger partial charge on any atom is -0.436 e. The molecule has 0 radical (unpaired) electrons. The molecule has 1 amide bonds. The number of halogens is 1. The van der Waals surface area contributed by atoms with Crippen molar-refractivity contribution in [2.24, 2.45) is 5.92 Å². The molecule has 1 fully saturated rings. The second-order valence-electron chi connectivity index (χ2n) is 6.63. The zero-order valence-corrected chi connectivity index (χ0v) is 14.5. The van der Waals surface area contributed by atoms with Crippen molar-refractivity contribution < 1.29 is 17.7 Å². The summed E-state index contributed by atoms with van der Waals surface area (Å²) in [6, 6.07) is 5.99. The fourth-order valence-corrected chi connectivity index (χ4v) is 3.08. The first-order valence-corrected chi connectivity index (χ1v) is 8.72. The highest BCUT2D eigenvalue weighted by Gasteiger charge is 2.30. The SMILES string of the molecule is [2H]C([2H])([2H])Nc1ncc(-c2nc3c(F)cccc3o2)c2cc(NC(=O)C3CC3)ncc12. The van der Waals surface area contributed by atoms with Gasteiger partial charge < -0.3 is 15.1 Å². The highest BCUT2D eigenvalue weighted by molar-refractivity contribution is 6.03. The third-order valence-electron chi connectivity index (χ3n) is 4.69. The van der Waals surface area contributed by atoms with Gasteiger partial charge in [0.15, 0.2) is 11.4 Å². The summed E-state index contributed by atoms with van der Waals surface area (Å²) in [6.07, 6.45) is 4.50. The first-order chi connectivity index (χ1) is 14.8. The van der Waals surface area contributed by atoms with E-state index < -0.39 is 12.8 Å². The van der Waals surface area contributed by atoms with Crippen molar-refractivity contribution in [1.82, 2.24) is 15.0 Å². The van der Waals surface area contributed by atoms with Crippen molar-refractivity contribution in [3.05, 3.63) is 42.5 Å². The number of aromatic nitrogens is 3. The fourth-order valence-electron chi connectivity index (χ4n) is 3.08. The van der Waals surface area contributed by atoms with Gasteiger partial charge in [0.05, 0.1) is 5.56 Å². The van der Waals surface area contributed by atoms with Crippen molar-refractivity contribution in [3.8, 4) is 11.5 Å². The lowest BCUT2D eigenvalue weighted by Crippen LogP contribution is -2.14. The molecule has 1 saturated carbocycles. The lowest BCUT2D eigenvalue weighted by molar-refractivity contribution is -0.117. The van der Waals surface area contributed by atoms with Crippen molar-refractivity contribution in [3.63, 3.8) is 0 Å². The topological polar surface area (TPSA) is 92.9 Å². The van der Waals surface area contributed by atoms with E-state index in [0.717, 1.165) is 12.8 Å². The predicted octanol–water partition coefficient (Wildman–Crippen LogP) is 3.97. The highest BCUT2D eigenvalue weighted by atomic mass is 19.1. The van der Waals surface area contributed by atoms with E-state index in [9.17, 15) is 9.18 Å². The molecule has 0 saturated heterocycles. The maximum atomic E-state index is 14.1. The minimum atomic E-state index is -2.47. The Balaban J connectivity index is 1.67. The smallest absolute Gasteiger partial charge is 0.229 e. The van der Waals surface area contributed by atoms with E-state index in [-0.39, 0.29) is 34.6 Å². The summed E-state index contributed by atoms with van der Waals surface area (Å²) in [4.78, 5) is 24.8. The maximum Gasteiger partial charge on any atom is 0.229 e. The molecule has 5 rings (SSSR count). The van der Waals surface area contributed by atoms with E-state index in [2.05, 4.69) is 25.6 Å². The Morgan fingerprint density at radius 1 is 1.29 bits per heavy atom. The average molecular weight is 380 g/mol. The molecule has 0 spiro atoms. The molecule has 1 aliphatic carbocycles. The zero-order valence-electron chi connectivity index (χ0n) is 17.5. The molecule has 1 aromatic carbocycles. The predicted molar refractivity (Wildman–Crippen MR) is 103 cm³/mol. The number of rotatable bonds is 4. The second kappa shape index (κ2) is 6.26. The van der Waals surface area contributed by atoms with Crippen LogP contribution in [0.1, 0.15) is 17.0 Å². The number of nitrogens with one attached hydrogen (secondary N) is 2. The Hall–Kier alpha value is -3.55. The third-order valence-corrected chi connectivity index (χ3v) is 4.69. The van der Waals surface area contributed by atoms with Crippen LogP contribution in [0.2, 0.25) is 0 Å². The molecule has 8 heteroatoms. The summed E-state index contributed by atoms with van der Waals surface area (Å²) in [5, 5.41) is 6.03. The largest absolute Gasteiger partial charge is 0.436 e. The third kappa shape index (κ3) is 2.74. The van der Waals surface area contributed by atoms with Gasteiger partial charge in [-0.1, -0.05) is 6.07 Å². The van der Waals surface area contributed by atoms with Crippen LogP contribution in [-0.2, 0) is 4.79 Å². The molecule has 4 aromatic rings. The summed E-state index contributed by atoms with van der Waals surface area (Å²) >= 11 is 0. The van der Waals surface area contributed by atoms with Gasteiger partial charge in [-0.2, -0.15) is 0 Å². The van der Waals surface area contributed by atoms with Crippen LogP contribution in [-0.4, -0.2) is 27.8 Å². The summed E-state index contributed by atoms with van der Waals surface area (Å²) in [6.45, 7) is -2.47. The molecule has 7 nitrogen and oxygen atoms in total. The lowest BCUT2D eigenvalue weighted by Gasteiger charge is -2.10. The molecule has 28 heavy (non-hydrogen) atoms. The van der Waals surface area contributed by atoms with Crippen LogP contribution in [0, 0.1) is 11.7 Å². The van der Waals surface area contributed by atoms with Gasteiger partial charge in [-0.3, -0.25) is 4.79 Å². The van der Waals surface area contributed by atoms with Crippen LogP contribution in [0.4, 0.5) is 16.0 Å². The molecule has 0 unspecified atom stereocenters. The summed E-state index contributed by atoms with van der Waals surface area (Å²) < 4.78 is 42.3. The lowest BCUT2D eigenvalue weighted by atomic mass is 10.1. The van der Waals surface area contributed by atoms with Crippen LogP contribution in [0.5, 0.6) is 0 Å².